The molecule has 7 nitrogen and oxygen atoms in total. The highest BCUT2D eigenvalue weighted by Crippen LogP contribution is 2.14. The lowest BCUT2D eigenvalue weighted by Gasteiger charge is -2.13. The van der Waals surface area contributed by atoms with E-state index >= 15 is 0 Å². The lowest BCUT2D eigenvalue weighted by molar-refractivity contribution is 0.0843. The van der Waals surface area contributed by atoms with Crippen LogP contribution in [0.15, 0.2) is 59.4 Å². The van der Waals surface area contributed by atoms with E-state index in [0.29, 0.717) is 16.3 Å². The molecule has 0 aliphatic carbocycles. The Morgan fingerprint density at radius 2 is 1.46 bits per heavy atom. The lowest BCUT2D eigenvalue weighted by Crippen LogP contribution is -2.42. The molecule has 2 N–H and O–H groups in total. The number of carbonyl (C=O) groups excluding carboxylic acids is 2. The van der Waals surface area contributed by atoms with E-state index in [2.05, 4.69) is 16.0 Å². The van der Waals surface area contributed by atoms with Gasteiger partial charge in [-0.2, -0.15) is 5.10 Å². The van der Waals surface area contributed by atoms with Gasteiger partial charge in [-0.3, -0.25) is 25.2 Å². The average molecular weight is 350 g/mol. The van der Waals surface area contributed by atoms with Gasteiger partial charge in [-0.15, -0.1) is 0 Å². The third kappa shape index (κ3) is 3.32. The van der Waals surface area contributed by atoms with Crippen molar-refractivity contribution < 1.29 is 9.59 Å². The zero-order valence-corrected chi connectivity index (χ0v) is 14.4. The summed E-state index contributed by atoms with van der Waals surface area (Å²) in [5.74, 6) is -1.04. The van der Waals surface area contributed by atoms with E-state index in [9.17, 15) is 14.4 Å². The minimum absolute atomic E-state index is 0.0715. The van der Waals surface area contributed by atoms with Gasteiger partial charge in [0.05, 0.1) is 11.4 Å². The predicted octanol–water partition coefficient (Wildman–Crippen LogP) is 2.05. The monoisotopic (exact) mass is 350 g/mol. The number of amides is 2. The second-order valence-corrected chi connectivity index (χ2v) is 6.01. The summed E-state index contributed by atoms with van der Waals surface area (Å²) in [6, 6.07) is 15.1. The number of fused-ring (bicyclic) bond motifs is 1. The van der Waals surface area contributed by atoms with Gasteiger partial charge in [-0.1, -0.05) is 36.4 Å². The zero-order chi connectivity index (χ0) is 18.7. The molecule has 0 saturated carbocycles. The standard InChI is InChI=1S/C19H18N4O3/c1-12(2)23-19(26)15-11-7-6-10-14(15)16(22-23)18(25)21-20-17(24)13-8-4-3-5-9-13/h3-12H,1-2H3,(H,20,24)(H,21,25). The molecule has 0 fully saturated rings. The van der Waals surface area contributed by atoms with Crippen molar-refractivity contribution in [3.05, 3.63) is 76.2 Å². The maximum Gasteiger partial charge on any atom is 0.290 e. The molecular formula is C19H18N4O3. The molecule has 0 aliphatic rings. The average Bonchev–Trinajstić information content (AvgIpc) is 2.66. The number of nitrogens with zero attached hydrogens (tertiary/aromatic N) is 2. The van der Waals surface area contributed by atoms with Gasteiger partial charge in [0.15, 0.2) is 5.69 Å². The van der Waals surface area contributed by atoms with Crippen LogP contribution in [0.5, 0.6) is 0 Å². The van der Waals surface area contributed by atoms with Crippen LogP contribution in [0.25, 0.3) is 10.8 Å². The van der Waals surface area contributed by atoms with Crippen LogP contribution >= 0.6 is 0 Å². The molecule has 0 spiro atoms. The molecule has 0 bridgehead atoms. The molecule has 7 heteroatoms. The van der Waals surface area contributed by atoms with Gasteiger partial charge in [0.2, 0.25) is 0 Å². The van der Waals surface area contributed by atoms with Gasteiger partial charge in [0, 0.05) is 10.9 Å². The van der Waals surface area contributed by atoms with Gasteiger partial charge in [0.25, 0.3) is 17.4 Å². The molecule has 3 aromatic rings. The fourth-order valence-electron chi connectivity index (χ4n) is 2.56. The topological polar surface area (TPSA) is 93.1 Å². The maximum atomic E-state index is 12.6. The van der Waals surface area contributed by atoms with Crippen molar-refractivity contribution in [1.29, 1.82) is 0 Å². The molecule has 132 valence electrons. The summed E-state index contributed by atoms with van der Waals surface area (Å²) in [5.41, 5.74) is 4.94. The van der Waals surface area contributed by atoms with E-state index in [1.54, 1.807) is 54.6 Å². The Hall–Kier alpha value is -3.48. The van der Waals surface area contributed by atoms with Crippen LogP contribution in [-0.2, 0) is 0 Å². The first kappa shape index (κ1) is 17.3. The smallest absolute Gasteiger partial charge is 0.267 e. The highest BCUT2D eigenvalue weighted by atomic mass is 16.2. The second-order valence-electron chi connectivity index (χ2n) is 6.01. The highest BCUT2D eigenvalue weighted by Gasteiger charge is 2.18. The van der Waals surface area contributed by atoms with Crippen molar-refractivity contribution in [3.8, 4) is 0 Å². The second kappa shape index (κ2) is 7.18. The van der Waals surface area contributed by atoms with Crippen molar-refractivity contribution >= 4 is 22.6 Å². The van der Waals surface area contributed by atoms with Crippen LogP contribution in [0, 0.1) is 0 Å². The van der Waals surface area contributed by atoms with Crippen molar-refractivity contribution in [2.45, 2.75) is 19.9 Å². The van der Waals surface area contributed by atoms with E-state index < -0.39 is 11.8 Å². The van der Waals surface area contributed by atoms with E-state index in [0.717, 1.165) is 0 Å². The number of rotatable bonds is 3. The predicted molar refractivity (Wildman–Crippen MR) is 97.8 cm³/mol. The quantitative estimate of drug-likeness (QED) is 0.707. The van der Waals surface area contributed by atoms with Crippen LogP contribution in [0.3, 0.4) is 0 Å². The molecule has 0 radical (unpaired) electrons. The number of hydrazine groups is 1. The molecule has 0 aliphatic heterocycles. The Labute approximate surface area is 149 Å². The van der Waals surface area contributed by atoms with Crippen LogP contribution in [0.4, 0.5) is 0 Å². The van der Waals surface area contributed by atoms with Crippen LogP contribution in [-0.4, -0.2) is 21.6 Å². The third-order valence-corrected chi connectivity index (χ3v) is 3.86. The zero-order valence-electron chi connectivity index (χ0n) is 14.4. The van der Waals surface area contributed by atoms with Crippen LogP contribution in [0.2, 0.25) is 0 Å². The third-order valence-electron chi connectivity index (χ3n) is 3.86. The Bertz CT molecular complexity index is 1030. The number of carbonyl (C=O) groups is 2. The number of nitrogens with one attached hydrogen (secondary N) is 2. The summed E-state index contributed by atoms with van der Waals surface area (Å²) >= 11 is 0. The fraction of sp³-hybridized carbons (Fsp3) is 0.158. The molecule has 2 amide bonds. The van der Waals surface area contributed by atoms with Crippen molar-refractivity contribution in [2.75, 3.05) is 0 Å². The summed E-state index contributed by atoms with van der Waals surface area (Å²) in [6.07, 6.45) is 0. The van der Waals surface area contributed by atoms with Gasteiger partial charge >= 0.3 is 0 Å². The molecule has 3 rings (SSSR count). The Morgan fingerprint density at radius 3 is 2.12 bits per heavy atom. The molecule has 26 heavy (non-hydrogen) atoms. The van der Waals surface area contributed by atoms with Gasteiger partial charge in [-0.05, 0) is 32.0 Å². The van der Waals surface area contributed by atoms with E-state index in [1.807, 2.05) is 13.8 Å². The Balaban J connectivity index is 1.92. The molecule has 1 aromatic heterocycles. The summed E-state index contributed by atoms with van der Waals surface area (Å²) in [7, 11) is 0. The van der Waals surface area contributed by atoms with Crippen LogP contribution in [0.1, 0.15) is 40.7 Å². The molecule has 1 heterocycles. The first-order valence-corrected chi connectivity index (χ1v) is 8.16. The maximum absolute atomic E-state index is 12.6. The number of hydrogen-bond acceptors (Lipinski definition) is 4. The Morgan fingerprint density at radius 1 is 0.885 bits per heavy atom. The van der Waals surface area contributed by atoms with Gasteiger partial charge in [-0.25, -0.2) is 4.68 Å². The first-order valence-electron chi connectivity index (χ1n) is 8.16. The lowest BCUT2D eigenvalue weighted by atomic mass is 10.1. The molecule has 0 atom stereocenters. The number of aromatic nitrogens is 2. The Kier molecular flexibility index (Phi) is 4.79. The van der Waals surface area contributed by atoms with E-state index in [4.69, 9.17) is 0 Å². The van der Waals surface area contributed by atoms with Crippen molar-refractivity contribution in [1.82, 2.24) is 20.6 Å². The summed E-state index contributed by atoms with van der Waals surface area (Å²) in [5, 5.41) is 5.02. The van der Waals surface area contributed by atoms with E-state index in [1.165, 1.54) is 4.68 Å². The fourth-order valence-corrected chi connectivity index (χ4v) is 2.56. The minimum atomic E-state index is -0.597. The minimum Gasteiger partial charge on any atom is -0.267 e. The molecule has 0 saturated heterocycles. The molecule has 0 unspecified atom stereocenters. The molecular weight excluding hydrogens is 332 g/mol. The largest absolute Gasteiger partial charge is 0.290 e. The van der Waals surface area contributed by atoms with Crippen LogP contribution < -0.4 is 16.4 Å². The summed E-state index contributed by atoms with van der Waals surface area (Å²) in [4.78, 5) is 37.1. The SMILES string of the molecule is CC(C)n1nc(C(=O)NNC(=O)c2ccccc2)c2ccccc2c1=O. The molecule has 2 aromatic carbocycles. The summed E-state index contributed by atoms with van der Waals surface area (Å²) < 4.78 is 1.26. The van der Waals surface area contributed by atoms with Crippen molar-refractivity contribution in [2.24, 2.45) is 0 Å². The number of benzene rings is 2. The van der Waals surface area contributed by atoms with Gasteiger partial charge < -0.3 is 0 Å². The van der Waals surface area contributed by atoms with Gasteiger partial charge in [0.1, 0.15) is 0 Å². The summed E-state index contributed by atoms with van der Waals surface area (Å²) in [6.45, 7) is 3.62. The number of hydrogen-bond donors (Lipinski definition) is 2. The normalized spacial score (nSPS) is 10.7. The van der Waals surface area contributed by atoms with E-state index in [-0.39, 0.29) is 17.3 Å². The first-order chi connectivity index (χ1) is 12.5. The highest BCUT2D eigenvalue weighted by molar-refractivity contribution is 6.06. The van der Waals surface area contributed by atoms with Crippen molar-refractivity contribution in [3.63, 3.8) is 0 Å².